The van der Waals surface area contributed by atoms with Gasteiger partial charge in [0.25, 0.3) is 0 Å². The molecule has 0 saturated heterocycles. The number of aromatic nitrogens is 5. The van der Waals surface area contributed by atoms with Crippen LogP contribution in [0.3, 0.4) is 0 Å². The molecule has 2 rings (SSSR count). The molecule has 2 aromatic rings. The Labute approximate surface area is 62.7 Å². The highest BCUT2D eigenvalue weighted by molar-refractivity contribution is 5.24. The average Bonchev–Trinajstić information content (AvgIpc) is 2.58. The molecule has 0 spiro atoms. The van der Waals surface area contributed by atoms with Crippen molar-refractivity contribution in [1.29, 1.82) is 0 Å². The molecule has 0 amide bonds. The highest BCUT2D eigenvalue weighted by atomic mass is 15.5. The number of hydrogen-bond donors (Lipinski definition) is 0. The minimum atomic E-state index is 0.803. The topological polar surface area (TPSA) is 56.5 Å². The fourth-order valence-corrected chi connectivity index (χ4v) is 0.731. The lowest BCUT2D eigenvalue weighted by Crippen LogP contribution is -1.94. The van der Waals surface area contributed by atoms with Crippen LogP contribution in [0.5, 0.6) is 0 Å². The summed E-state index contributed by atoms with van der Waals surface area (Å²) < 4.78 is 1.42. The molecule has 5 nitrogen and oxygen atoms in total. The van der Waals surface area contributed by atoms with E-state index in [1.54, 1.807) is 12.4 Å². The lowest BCUT2D eigenvalue weighted by atomic mass is 10.4. The van der Waals surface area contributed by atoms with Gasteiger partial charge in [0, 0.05) is 6.20 Å². The molecule has 0 aliphatic carbocycles. The summed E-state index contributed by atoms with van der Waals surface area (Å²) in [4.78, 5) is 3.90. The van der Waals surface area contributed by atoms with Crippen LogP contribution in [0.25, 0.3) is 5.69 Å². The minimum absolute atomic E-state index is 0.803. The van der Waals surface area contributed by atoms with Gasteiger partial charge in [0.05, 0.1) is 11.9 Å². The molecule has 1 radical (unpaired) electrons. The van der Waals surface area contributed by atoms with Gasteiger partial charge in [0.1, 0.15) is 0 Å². The van der Waals surface area contributed by atoms with Crippen molar-refractivity contribution in [2.45, 2.75) is 0 Å². The maximum atomic E-state index is 3.90. The van der Waals surface area contributed by atoms with Crippen LogP contribution in [0.1, 0.15) is 0 Å². The molecule has 0 atom stereocenters. The Balaban J connectivity index is 2.46. The zero-order chi connectivity index (χ0) is 7.52. The van der Waals surface area contributed by atoms with Gasteiger partial charge in [-0.15, -0.1) is 5.10 Å². The van der Waals surface area contributed by atoms with Crippen LogP contribution in [-0.4, -0.2) is 25.2 Å². The normalized spacial score (nSPS) is 9.82. The average molecular weight is 146 g/mol. The number of tetrazole rings is 1. The van der Waals surface area contributed by atoms with E-state index in [4.69, 9.17) is 0 Å². The van der Waals surface area contributed by atoms with Crippen molar-refractivity contribution in [3.8, 4) is 5.69 Å². The van der Waals surface area contributed by atoms with E-state index in [1.165, 1.54) is 4.68 Å². The first kappa shape index (κ1) is 5.96. The quantitative estimate of drug-likeness (QED) is 0.561. The SMILES string of the molecule is [c]1nnnn1-c1cccnc1. The van der Waals surface area contributed by atoms with Gasteiger partial charge in [-0.3, -0.25) is 4.98 Å². The van der Waals surface area contributed by atoms with Crippen LogP contribution in [-0.2, 0) is 0 Å². The van der Waals surface area contributed by atoms with Crippen LogP contribution in [0.4, 0.5) is 0 Å². The molecule has 2 heterocycles. The molecule has 0 aliphatic rings. The molecule has 0 bridgehead atoms. The number of hydrogen-bond acceptors (Lipinski definition) is 4. The second-order valence-electron chi connectivity index (χ2n) is 1.90. The third-order valence-corrected chi connectivity index (χ3v) is 1.20. The number of nitrogens with zero attached hydrogens (tertiary/aromatic N) is 5. The van der Waals surface area contributed by atoms with Gasteiger partial charge >= 0.3 is 0 Å². The Kier molecular flexibility index (Phi) is 1.33. The summed E-state index contributed by atoms with van der Waals surface area (Å²) >= 11 is 0. The summed E-state index contributed by atoms with van der Waals surface area (Å²) in [5, 5.41) is 10.5. The van der Waals surface area contributed by atoms with Gasteiger partial charge in [0.15, 0.2) is 0 Å². The first-order valence-electron chi connectivity index (χ1n) is 3.03. The highest BCUT2D eigenvalue weighted by Gasteiger charge is 1.94. The van der Waals surface area contributed by atoms with Gasteiger partial charge in [0.2, 0.25) is 6.33 Å². The summed E-state index contributed by atoms with van der Waals surface area (Å²) in [5.74, 6) is 0. The molecular formula is C6H4N5. The molecule has 0 N–H and O–H groups in total. The standard InChI is InChI=1S/C6H4N5/c1-2-6(4-7-3-1)11-5-8-9-10-11/h1-4H. The first-order valence-corrected chi connectivity index (χ1v) is 3.03. The van der Waals surface area contributed by atoms with Crippen molar-refractivity contribution >= 4 is 0 Å². The maximum absolute atomic E-state index is 3.90. The zero-order valence-corrected chi connectivity index (χ0v) is 5.55. The molecule has 5 heteroatoms. The predicted octanol–water partition coefficient (Wildman–Crippen LogP) is -0.143. The summed E-state index contributed by atoms with van der Waals surface area (Å²) in [7, 11) is 0. The molecule has 0 fully saturated rings. The fraction of sp³-hybridized carbons (Fsp3) is 0. The summed E-state index contributed by atoms with van der Waals surface area (Å²) in [6.07, 6.45) is 5.91. The zero-order valence-electron chi connectivity index (χ0n) is 5.55. The van der Waals surface area contributed by atoms with Crippen LogP contribution in [0.2, 0.25) is 0 Å². The van der Waals surface area contributed by atoms with Crippen molar-refractivity contribution in [2.24, 2.45) is 0 Å². The molecule has 0 aromatic carbocycles. The van der Waals surface area contributed by atoms with E-state index >= 15 is 0 Å². The van der Waals surface area contributed by atoms with Gasteiger partial charge in [-0.05, 0) is 22.6 Å². The van der Waals surface area contributed by atoms with Crippen LogP contribution in [0.15, 0.2) is 24.5 Å². The molecule has 53 valence electrons. The van der Waals surface area contributed by atoms with E-state index < -0.39 is 0 Å². The lowest BCUT2D eigenvalue weighted by Gasteiger charge is -1.93. The van der Waals surface area contributed by atoms with E-state index in [0.29, 0.717) is 0 Å². The maximum Gasteiger partial charge on any atom is 0.226 e. The van der Waals surface area contributed by atoms with Crippen LogP contribution < -0.4 is 0 Å². The molecular weight excluding hydrogens is 142 g/mol. The fourth-order valence-electron chi connectivity index (χ4n) is 0.731. The van der Waals surface area contributed by atoms with E-state index in [2.05, 4.69) is 26.8 Å². The Morgan fingerprint density at radius 1 is 1.45 bits per heavy atom. The Morgan fingerprint density at radius 3 is 3.09 bits per heavy atom. The molecule has 11 heavy (non-hydrogen) atoms. The monoisotopic (exact) mass is 146 g/mol. The van der Waals surface area contributed by atoms with Gasteiger partial charge in [-0.1, -0.05) is 0 Å². The minimum Gasteiger partial charge on any atom is -0.262 e. The predicted molar refractivity (Wildman–Crippen MR) is 35.8 cm³/mol. The second kappa shape index (κ2) is 2.45. The van der Waals surface area contributed by atoms with Crippen LogP contribution >= 0.6 is 0 Å². The van der Waals surface area contributed by atoms with Crippen molar-refractivity contribution in [1.82, 2.24) is 25.2 Å². The third kappa shape index (κ3) is 1.07. The van der Waals surface area contributed by atoms with Crippen molar-refractivity contribution in [3.05, 3.63) is 30.9 Å². The smallest absolute Gasteiger partial charge is 0.226 e. The molecule has 0 unspecified atom stereocenters. The third-order valence-electron chi connectivity index (χ3n) is 1.20. The Bertz CT molecular complexity index is 314. The van der Waals surface area contributed by atoms with Gasteiger partial charge in [-0.2, -0.15) is 4.68 Å². The highest BCUT2D eigenvalue weighted by Crippen LogP contribution is 1.98. The second-order valence-corrected chi connectivity index (χ2v) is 1.90. The van der Waals surface area contributed by atoms with Gasteiger partial charge in [-0.25, -0.2) is 0 Å². The van der Waals surface area contributed by atoms with Crippen molar-refractivity contribution in [2.75, 3.05) is 0 Å². The van der Waals surface area contributed by atoms with E-state index in [-0.39, 0.29) is 0 Å². The van der Waals surface area contributed by atoms with E-state index in [0.717, 1.165) is 5.69 Å². The summed E-state index contributed by atoms with van der Waals surface area (Å²) in [5.41, 5.74) is 0.803. The number of rotatable bonds is 1. The number of pyridine rings is 1. The summed E-state index contributed by atoms with van der Waals surface area (Å²) in [6, 6.07) is 3.66. The lowest BCUT2D eigenvalue weighted by molar-refractivity contribution is 0.784. The first-order chi connectivity index (χ1) is 5.47. The van der Waals surface area contributed by atoms with Gasteiger partial charge < -0.3 is 0 Å². The van der Waals surface area contributed by atoms with Crippen molar-refractivity contribution in [3.63, 3.8) is 0 Å². The largest absolute Gasteiger partial charge is 0.262 e. The van der Waals surface area contributed by atoms with E-state index in [9.17, 15) is 0 Å². The van der Waals surface area contributed by atoms with E-state index in [1.807, 2.05) is 12.1 Å². The molecule has 0 saturated carbocycles. The molecule has 2 aromatic heterocycles. The summed E-state index contributed by atoms with van der Waals surface area (Å²) in [6.45, 7) is 0. The molecule has 0 aliphatic heterocycles. The van der Waals surface area contributed by atoms with Crippen LogP contribution in [0, 0.1) is 6.33 Å². The van der Waals surface area contributed by atoms with Crippen molar-refractivity contribution < 1.29 is 0 Å². The Morgan fingerprint density at radius 2 is 2.45 bits per heavy atom. The Hall–Kier alpha value is -1.78.